The van der Waals surface area contributed by atoms with Crippen LogP contribution in [-0.4, -0.2) is 31.1 Å². The van der Waals surface area contributed by atoms with Gasteiger partial charge in [0.15, 0.2) is 5.79 Å². The van der Waals surface area contributed by atoms with Crippen LogP contribution in [0.4, 0.5) is 0 Å². The summed E-state index contributed by atoms with van der Waals surface area (Å²) in [6, 6.07) is 0. The van der Waals surface area contributed by atoms with Crippen molar-refractivity contribution >= 4 is 5.97 Å². The lowest BCUT2D eigenvalue weighted by Gasteiger charge is -2.54. The molecule has 5 aliphatic rings. The number of carbonyl (C=O) groups is 1. The van der Waals surface area contributed by atoms with Gasteiger partial charge in [0.2, 0.25) is 0 Å². The summed E-state index contributed by atoms with van der Waals surface area (Å²) in [6.07, 6.45) is 9.31. The molecule has 0 radical (unpaired) electrons. The van der Waals surface area contributed by atoms with Gasteiger partial charge in [-0.3, -0.25) is 4.79 Å². The van der Waals surface area contributed by atoms with E-state index < -0.39 is 0 Å². The lowest BCUT2D eigenvalue weighted by molar-refractivity contribution is -0.167. The summed E-state index contributed by atoms with van der Waals surface area (Å²) in [5.74, 6) is 2.41. The van der Waals surface area contributed by atoms with Crippen LogP contribution in [-0.2, 0) is 19.0 Å². The number of ether oxygens (including phenoxy) is 3. The first-order chi connectivity index (χ1) is 12.9. The number of hydrogen-bond acceptors (Lipinski definition) is 4. The summed E-state index contributed by atoms with van der Waals surface area (Å²) in [5.41, 5.74) is 3.59. The highest BCUT2D eigenvalue weighted by Gasteiger charge is 2.58. The maximum absolute atomic E-state index is 11.6. The van der Waals surface area contributed by atoms with Crippen molar-refractivity contribution in [3.05, 3.63) is 11.1 Å². The third-order valence-electron chi connectivity index (χ3n) is 8.79. The molecular weight excluding hydrogens is 340 g/mol. The van der Waals surface area contributed by atoms with E-state index in [2.05, 4.69) is 13.8 Å². The zero-order chi connectivity index (χ0) is 18.8. The third-order valence-corrected chi connectivity index (χ3v) is 8.79. The van der Waals surface area contributed by atoms with Crippen molar-refractivity contribution in [1.29, 1.82) is 0 Å². The lowest BCUT2D eigenvalue weighted by atomic mass is 9.52. The van der Waals surface area contributed by atoms with E-state index >= 15 is 0 Å². The highest BCUT2D eigenvalue weighted by atomic mass is 16.7. The molecule has 0 aromatic carbocycles. The van der Waals surface area contributed by atoms with Crippen LogP contribution in [0.2, 0.25) is 0 Å². The second kappa shape index (κ2) is 6.32. The van der Waals surface area contributed by atoms with Crippen molar-refractivity contribution in [3.8, 4) is 0 Å². The van der Waals surface area contributed by atoms with E-state index in [1.807, 2.05) is 0 Å². The van der Waals surface area contributed by atoms with Crippen LogP contribution in [0.15, 0.2) is 11.1 Å². The Morgan fingerprint density at radius 3 is 2.63 bits per heavy atom. The van der Waals surface area contributed by atoms with Gasteiger partial charge in [0.05, 0.1) is 13.2 Å². The van der Waals surface area contributed by atoms with E-state index in [1.54, 1.807) is 18.1 Å². The van der Waals surface area contributed by atoms with E-state index in [0.29, 0.717) is 11.8 Å². The number of esters is 1. The van der Waals surface area contributed by atoms with Crippen LogP contribution in [0.3, 0.4) is 0 Å². The summed E-state index contributed by atoms with van der Waals surface area (Å²) in [7, 11) is 0. The maximum Gasteiger partial charge on any atom is 0.302 e. The predicted molar refractivity (Wildman–Crippen MR) is 102 cm³/mol. The first-order valence-corrected chi connectivity index (χ1v) is 11.1. The largest absolute Gasteiger partial charge is 0.462 e. The molecular formula is C23H34O4. The molecule has 4 aliphatic carbocycles. The highest BCUT2D eigenvalue weighted by molar-refractivity contribution is 5.66. The molecule has 0 bridgehead atoms. The van der Waals surface area contributed by atoms with Crippen LogP contribution in [0.5, 0.6) is 0 Å². The fraction of sp³-hybridized carbons (Fsp3) is 0.870. The van der Waals surface area contributed by atoms with Crippen LogP contribution >= 0.6 is 0 Å². The Morgan fingerprint density at radius 1 is 1.11 bits per heavy atom. The van der Waals surface area contributed by atoms with Crippen LogP contribution in [0.25, 0.3) is 0 Å². The van der Waals surface area contributed by atoms with Crippen LogP contribution in [0.1, 0.15) is 72.1 Å². The molecule has 1 heterocycles. The molecule has 0 amide bonds. The van der Waals surface area contributed by atoms with Gasteiger partial charge in [-0.25, -0.2) is 0 Å². The van der Waals surface area contributed by atoms with Crippen molar-refractivity contribution in [1.82, 2.24) is 0 Å². The van der Waals surface area contributed by atoms with Gasteiger partial charge in [0.1, 0.15) is 6.10 Å². The SMILES string of the molecule is CC(=O)O[C@H]1CC[C@H]2[C@@H]3C[C@@H](C)C4=C(CCC5(C4)OCCO5)[C@H]3CC[C@]12C. The van der Waals surface area contributed by atoms with Gasteiger partial charge in [0.25, 0.3) is 0 Å². The molecule has 0 aromatic heterocycles. The van der Waals surface area contributed by atoms with Crippen molar-refractivity contribution in [2.45, 2.75) is 84.0 Å². The van der Waals surface area contributed by atoms with E-state index in [9.17, 15) is 4.79 Å². The van der Waals surface area contributed by atoms with Gasteiger partial charge in [0, 0.05) is 25.2 Å². The van der Waals surface area contributed by atoms with Crippen LogP contribution in [0, 0.1) is 29.1 Å². The Kier molecular flexibility index (Phi) is 4.25. The number of allylic oxidation sites excluding steroid dienone is 1. The second-order valence-electron chi connectivity index (χ2n) is 10.1. The first-order valence-electron chi connectivity index (χ1n) is 11.1. The average molecular weight is 375 g/mol. The van der Waals surface area contributed by atoms with Gasteiger partial charge in [-0.05, 0) is 62.2 Å². The summed E-state index contributed by atoms with van der Waals surface area (Å²) in [6.45, 7) is 7.89. The number of carbonyl (C=O) groups excluding carboxylic acids is 1. The maximum atomic E-state index is 11.6. The topological polar surface area (TPSA) is 44.8 Å². The minimum atomic E-state index is -0.309. The first kappa shape index (κ1) is 18.2. The summed E-state index contributed by atoms with van der Waals surface area (Å²) in [5, 5.41) is 0. The summed E-state index contributed by atoms with van der Waals surface area (Å²) < 4.78 is 17.9. The van der Waals surface area contributed by atoms with Crippen molar-refractivity contribution in [2.75, 3.05) is 13.2 Å². The normalized spacial score (nSPS) is 45.4. The monoisotopic (exact) mass is 374 g/mol. The van der Waals surface area contributed by atoms with Gasteiger partial charge in [-0.1, -0.05) is 25.0 Å². The number of fused-ring (bicyclic) bond motifs is 4. The Labute approximate surface area is 163 Å². The molecule has 1 spiro atoms. The van der Waals surface area contributed by atoms with E-state index in [4.69, 9.17) is 14.2 Å². The standard InChI is InChI=1S/C23H34O4/c1-14-12-18-16(17-7-9-23(13-19(14)17)25-10-11-26-23)6-8-22(3)20(18)4-5-21(22)27-15(2)24/h14,16,18,20-21H,4-13H2,1-3H3/t14-,16-,18-,20+,21+,22+/m1/s1. The molecule has 0 aromatic rings. The average Bonchev–Trinajstić information content (AvgIpc) is 3.20. The van der Waals surface area contributed by atoms with Gasteiger partial charge < -0.3 is 14.2 Å². The molecule has 3 fully saturated rings. The smallest absolute Gasteiger partial charge is 0.302 e. The van der Waals surface area contributed by atoms with Crippen molar-refractivity contribution < 1.29 is 19.0 Å². The Balaban J connectivity index is 1.41. The molecule has 6 atom stereocenters. The molecule has 27 heavy (non-hydrogen) atoms. The molecule has 1 aliphatic heterocycles. The Morgan fingerprint density at radius 2 is 1.89 bits per heavy atom. The van der Waals surface area contributed by atoms with Gasteiger partial charge in [-0.2, -0.15) is 0 Å². The van der Waals surface area contributed by atoms with E-state index in [1.165, 1.54) is 25.7 Å². The molecule has 2 saturated carbocycles. The van der Waals surface area contributed by atoms with Crippen LogP contribution < -0.4 is 0 Å². The van der Waals surface area contributed by atoms with E-state index in [-0.39, 0.29) is 23.3 Å². The summed E-state index contributed by atoms with van der Waals surface area (Å²) in [4.78, 5) is 11.6. The van der Waals surface area contributed by atoms with Gasteiger partial charge >= 0.3 is 5.97 Å². The molecule has 4 heteroatoms. The fourth-order valence-electron chi connectivity index (χ4n) is 7.58. The molecule has 4 nitrogen and oxygen atoms in total. The van der Waals surface area contributed by atoms with Gasteiger partial charge in [-0.15, -0.1) is 0 Å². The minimum absolute atomic E-state index is 0.111. The minimum Gasteiger partial charge on any atom is -0.462 e. The molecule has 0 N–H and O–H groups in total. The van der Waals surface area contributed by atoms with Crippen molar-refractivity contribution in [3.63, 3.8) is 0 Å². The van der Waals surface area contributed by atoms with Crippen molar-refractivity contribution in [2.24, 2.45) is 29.1 Å². The lowest BCUT2D eigenvalue weighted by Crippen LogP contribution is -2.48. The zero-order valence-electron chi connectivity index (χ0n) is 17.1. The molecule has 1 saturated heterocycles. The molecule has 0 unspecified atom stereocenters. The fourth-order valence-corrected chi connectivity index (χ4v) is 7.58. The highest BCUT2D eigenvalue weighted by Crippen LogP contribution is 2.63. The molecule has 150 valence electrons. The predicted octanol–water partition coefficient (Wildman–Crippen LogP) is 4.62. The Hall–Kier alpha value is -0.870. The summed E-state index contributed by atoms with van der Waals surface area (Å²) >= 11 is 0. The Bertz CT molecular complexity index is 661. The second-order valence-corrected chi connectivity index (χ2v) is 10.1. The quantitative estimate of drug-likeness (QED) is 0.496. The molecule has 5 rings (SSSR count). The number of hydrogen-bond donors (Lipinski definition) is 0. The number of rotatable bonds is 1. The zero-order valence-corrected chi connectivity index (χ0v) is 17.1. The third kappa shape index (κ3) is 2.73. The van der Waals surface area contributed by atoms with E-state index in [0.717, 1.165) is 50.7 Å².